The Morgan fingerprint density at radius 1 is 1.17 bits per heavy atom. The molecule has 0 saturated carbocycles. The topological polar surface area (TPSA) is 43.6 Å². The van der Waals surface area contributed by atoms with Crippen LogP contribution in [0.5, 0.6) is 0 Å². The highest BCUT2D eigenvalue weighted by molar-refractivity contribution is 7.98. The lowest BCUT2D eigenvalue weighted by Crippen LogP contribution is -1.93. The fourth-order valence-electron chi connectivity index (χ4n) is 2.32. The van der Waals surface area contributed by atoms with Gasteiger partial charge in [-0.05, 0) is 31.7 Å². The third-order valence-corrected chi connectivity index (χ3v) is 3.84. The highest BCUT2D eigenvalue weighted by Gasteiger charge is 2.14. The van der Waals surface area contributed by atoms with Crippen LogP contribution in [-0.4, -0.2) is 25.8 Å². The Morgan fingerprint density at radius 3 is 2.67 bits per heavy atom. The number of fused-ring (bicyclic) bond motifs is 3. The Labute approximate surface area is 109 Å². The number of imidazole rings is 1. The van der Waals surface area contributed by atoms with E-state index < -0.39 is 0 Å². The molecule has 0 spiro atoms. The minimum absolute atomic E-state index is 0.895. The normalized spacial score (nSPS) is 11.6. The molecule has 2 heterocycles. The second kappa shape index (κ2) is 3.95. The molecule has 0 aliphatic carbocycles. The molecule has 0 atom stereocenters. The molecule has 4 nitrogen and oxygen atoms in total. The lowest BCUT2D eigenvalue weighted by molar-refractivity contribution is 0.815. The van der Waals surface area contributed by atoms with Crippen LogP contribution in [0, 0.1) is 13.8 Å². The van der Waals surface area contributed by atoms with Crippen LogP contribution >= 0.6 is 11.8 Å². The summed E-state index contributed by atoms with van der Waals surface area (Å²) in [5.74, 6) is 0. The van der Waals surface area contributed by atoms with E-state index >= 15 is 0 Å². The van der Waals surface area contributed by atoms with Crippen molar-refractivity contribution in [1.29, 1.82) is 0 Å². The van der Waals surface area contributed by atoms with Crippen molar-refractivity contribution in [3.8, 4) is 0 Å². The average Bonchev–Trinajstić information content (AvgIpc) is 2.68. The molecule has 0 aliphatic heterocycles. The van der Waals surface area contributed by atoms with E-state index in [1.807, 2.05) is 20.2 Å². The zero-order valence-electron chi connectivity index (χ0n) is 10.9. The summed E-state index contributed by atoms with van der Waals surface area (Å²) in [7, 11) is 2.04. The Bertz CT molecular complexity index is 761. The third kappa shape index (κ3) is 1.50. The molecule has 0 amide bonds. The summed E-state index contributed by atoms with van der Waals surface area (Å²) in [6.45, 7) is 4.05. The first-order chi connectivity index (χ1) is 8.61. The van der Waals surface area contributed by atoms with Crippen LogP contribution in [0.3, 0.4) is 0 Å². The zero-order valence-corrected chi connectivity index (χ0v) is 11.7. The minimum Gasteiger partial charge on any atom is -0.322 e. The number of hydrogen-bond donors (Lipinski definition) is 0. The zero-order chi connectivity index (χ0) is 12.9. The van der Waals surface area contributed by atoms with Crippen LogP contribution < -0.4 is 0 Å². The standard InChI is InChI=1S/C13H14N4S/c1-7-5-9-10(15-8(2)6-14-9)11-12(7)17(3)13(16-11)18-4/h5-6H,1-4H3. The lowest BCUT2D eigenvalue weighted by Gasteiger charge is -2.04. The highest BCUT2D eigenvalue weighted by Crippen LogP contribution is 2.28. The summed E-state index contributed by atoms with van der Waals surface area (Å²) >= 11 is 1.65. The van der Waals surface area contributed by atoms with E-state index in [9.17, 15) is 0 Å². The molecule has 0 aliphatic rings. The first-order valence-corrected chi connectivity index (χ1v) is 6.97. The van der Waals surface area contributed by atoms with E-state index in [1.54, 1.807) is 18.0 Å². The van der Waals surface area contributed by atoms with Gasteiger partial charge in [-0.1, -0.05) is 11.8 Å². The Hall–Kier alpha value is -1.62. The van der Waals surface area contributed by atoms with Crippen molar-refractivity contribution in [3.63, 3.8) is 0 Å². The molecular formula is C13H14N4S. The van der Waals surface area contributed by atoms with Crippen molar-refractivity contribution in [3.05, 3.63) is 23.5 Å². The van der Waals surface area contributed by atoms with Crippen molar-refractivity contribution in [2.24, 2.45) is 7.05 Å². The molecule has 5 heteroatoms. The Morgan fingerprint density at radius 2 is 1.94 bits per heavy atom. The SMILES string of the molecule is CSc1nc2c3nc(C)cnc3cc(C)c2n1C. The number of rotatable bonds is 1. The molecule has 0 radical (unpaired) electrons. The van der Waals surface area contributed by atoms with E-state index in [1.165, 1.54) is 5.56 Å². The quantitative estimate of drug-likeness (QED) is 0.629. The van der Waals surface area contributed by atoms with Gasteiger partial charge >= 0.3 is 0 Å². The lowest BCUT2D eigenvalue weighted by atomic mass is 10.1. The van der Waals surface area contributed by atoms with Crippen LogP contribution in [0.4, 0.5) is 0 Å². The van der Waals surface area contributed by atoms with Crippen LogP contribution in [0.25, 0.3) is 22.1 Å². The van der Waals surface area contributed by atoms with Gasteiger partial charge in [0.1, 0.15) is 11.0 Å². The average molecular weight is 258 g/mol. The highest BCUT2D eigenvalue weighted by atomic mass is 32.2. The van der Waals surface area contributed by atoms with Gasteiger partial charge in [-0.25, -0.2) is 9.97 Å². The van der Waals surface area contributed by atoms with Crippen LogP contribution in [0.2, 0.25) is 0 Å². The molecule has 0 saturated heterocycles. The molecule has 0 fully saturated rings. The van der Waals surface area contributed by atoms with Crippen LogP contribution in [-0.2, 0) is 7.05 Å². The van der Waals surface area contributed by atoms with Crippen molar-refractivity contribution < 1.29 is 0 Å². The van der Waals surface area contributed by atoms with E-state index in [4.69, 9.17) is 0 Å². The molecule has 92 valence electrons. The van der Waals surface area contributed by atoms with Crippen molar-refractivity contribution in [2.75, 3.05) is 6.26 Å². The van der Waals surface area contributed by atoms with Gasteiger partial charge in [0.15, 0.2) is 5.16 Å². The maximum Gasteiger partial charge on any atom is 0.168 e. The van der Waals surface area contributed by atoms with E-state index in [-0.39, 0.29) is 0 Å². The number of benzene rings is 1. The Balaban J connectivity index is 2.56. The monoisotopic (exact) mass is 258 g/mol. The van der Waals surface area contributed by atoms with Gasteiger partial charge in [0, 0.05) is 13.2 Å². The van der Waals surface area contributed by atoms with Gasteiger partial charge in [0.25, 0.3) is 0 Å². The van der Waals surface area contributed by atoms with E-state index in [2.05, 4.69) is 32.5 Å². The number of thioether (sulfide) groups is 1. The van der Waals surface area contributed by atoms with Gasteiger partial charge in [-0.2, -0.15) is 0 Å². The van der Waals surface area contributed by atoms with Crippen LogP contribution in [0.1, 0.15) is 11.3 Å². The molecule has 18 heavy (non-hydrogen) atoms. The second-order valence-corrected chi connectivity index (χ2v) is 5.20. The van der Waals surface area contributed by atoms with Gasteiger partial charge < -0.3 is 4.57 Å². The van der Waals surface area contributed by atoms with Gasteiger partial charge in [0.2, 0.25) is 0 Å². The van der Waals surface area contributed by atoms with Gasteiger partial charge in [-0.3, -0.25) is 4.98 Å². The summed E-state index contributed by atoms with van der Waals surface area (Å²) in [4.78, 5) is 13.7. The minimum atomic E-state index is 0.895. The van der Waals surface area contributed by atoms with Gasteiger partial charge in [-0.15, -0.1) is 0 Å². The van der Waals surface area contributed by atoms with E-state index in [0.717, 1.165) is 32.9 Å². The van der Waals surface area contributed by atoms with Crippen molar-refractivity contribution >= 4 is 33.8 Å². The molecular weight excluding hydrogens is 244 g/mol. The largest absolute Gasteiger partial charge is 0.322 e. The fraction of sp³-hybridized carbons (Fsp3) is 0.308. The third-order valence-electron chi connectivity index (χ3n) is 3.11. The number of nitrogens with zero attached hydrogens (tertiary/aromatic N) is 4. The summed E-state index contributed by atoms with van der Waals surface area (Å²) < 4.78 is 2.12. The van der Waals surface area contributed by atoms with Crippen LogP contribution in [0.15, 0.2) is 17.4 Å². The molecule has 2 aromatic heterocycles. The van der Waals surface area contributed by atoms with Gasteiger partial charge in [0.05, 0.1) is 16.7 Å². The summed E-state index contributed by atoms with van der Waals surface area (Å²) in [6.07, 6.45) is 3.84. The van der Waals surface area contributed by atoms with Crippen molar-refractivity contribution in [2.45, 2.75) is 19.0 Å². The molecule has 3 rings (SSSR count). The Kier molecular flexibility index (Phi) is 2.52. The maximum atomic E-state index is 4.68. The smallest absolute Gasteiger partial charge is 0.168 e. The summed E-state index contributed by atoms with van der Waals surface area (Å²) in [5, 5.41) is 1.00. The maximum absolute atomic E-state index is 4.68. The number of hydrogen-bond acceptors (Lipinski definition) is 4. The molecule has 0 bridgehead atoms. The molecule has 1 aromatic carbocycles. The second-order valence-electron chi connectivity index (χ2n) is 4.43. The first-order valence-electron chi connectivity index (χ1n) is 5.75. The fourth-order valence-corrected chi connectivity index (χ4v) is 2.86. The first kappa shape index (κ1) is 11.5. The predicted octanol–water partition coefficient (Wildman–Crippen LogP) is 2.86. The predicted molar refractivity (Wildman–Crippen MR) is 75.1 cm³/mol. The number of aromatic nitrogens is 4. The molecule has 0 N–H and O–H groups in total. The molecule has 0 unspecified atom stereocenters. The molecule has 3 aromatic rings. The van der Waals surface area contributed by atoms with Crippen molar-refractivity contribution in [1.82, 2.24) is 19.5 Å². The summed E-state index contributed by atoms with van der Waals surface area (Å²) in [6, 6.07) is 2.08. The van der Waals surface area contributed by atoms with E-state index in [0.29, 0.717) is 0 Å². The number of aryl methyl sites for hydroxylation is 3. The summed E-state index contributed by atoms with van der Waals surface area (Å²) in [5.41, 5.74) is 6.01.